The number of halogens is 1. The summed E-state index contributed by atoms with van der Waals surface area (Å²) in [5.41, 5.74) is 0.775. The van der Waals surface area contributed by atoms with E-state index in [4.69, 9.17) is 5.11 Å². The first kappa shape index (κ1) is 10.1. The Bertz CT molecular complexity index is 359. The highest BCUT2D eigenvalue weighted by molar-refractivity contribution is 9.11. The Hall–Kier alpha value is -0.420. The molecule has 5 heteroatoms. The molecule has 1 aromatic heterocycles. The first-order chi connectivity index (χ1) is 6.62. The minimum Gasteiger partial charge on any atom is -0.481 e. The highest BCUT2D eigenvalue weighted by atomic mass is 79.9. The molecule has 0 radical (unpaired) electrons. The maximum absolute atomic E-state index is 10.8. The fourth-order valence-electron chi connectivity index (χ4n) is 1.91. The molecule has 76 valence electrons. The number of aromatic nitrogens is 1. The molecule has 0 saturated heterocycles. The predicted octanol–water partition coefficient (Wildman–Crippen LogP) is 2.80. The van der Waals surface area contributed by atoms with E-state index in [1.165, 1.54) is 11.3 Å². The lowest BCUT2D eigenvalue weighted by molar-refractivity contribution is -0.139. The highest BCUT2D eigenvalue weighted by Gasteiger charge is 2.42. The molecule has 1 aliphatic carbocycles. The zero-order valence-corrected chi connectivity index (χ0v) is 9.90. The number of hydrogen-bond acceptors (Lipinski definition) is 3. The Balaban J connectivity index is 2.24. The van der Waals surface area contributed by atoms with Crippen LogP contribution in [0.4, 0.5) is 0 Å². The first-order valence-electron chi connectivity index (χ1n) is 4.46. The minimum absolute atomic E-state index is 0.172. The van der Waals surface area contributed by atoms with Gasteiger partial charge in [-0.3, -0.25) is 4.79 Å². The molecule has 1 heterocycles. The van der Waals surface area contributed by atoms with E-state index in [1.807, 2.05) is 5.38 Å². The maximum atomic E-state index is 10.8. The van der Waals surface area contributed by atoms with Gasteiger partial charge in [0.25, 0.3) is 0 Å². The van der Waals surface area contributed by atoms with E-state index in [0.29, 0.717) is 0 Å². The normalized spacial score (nSPS) is 18.9. The fraction of sp³-hybridized carbons (Fsp3) is 0.556. The van der Waals surface area contributed by atoms with Gasteiger partial charge in [-0.25, -0.2) is 4.98 Å². The van der Waals surface area contributed by atoms with Gasteiger partial charge in [-0.2, -0.15) is 0 Å². The van der Waals surface area contributed by atoms with Crippen LogP contribution >= 0.6 is 27.3 Å². The van der Waals surface area contributed by atoms with Crippen molar-refractivity contribution in [3.05, 3.63) is 15.0 Å². The number of rotatable bonds is 3. The van der Waals surface area contributed by atoms with Crippen molar-refractivity contribution in [2.45, 2.75) is 31.1 Å². The van der Waals surface area contributed by atoms with E-state index < -0.39 is 5.97 Å². The lowest BCUT2D eigenvalue weighted by Gasteiger charge is -2.39. The van der Waals surface area contributed by atoms with E-state index in [9.17, 15) is 4.79 Å². The van der Waals surface area contributed by atoms with Crippen molar-refractivity contribution in [3.63, 3.8) is 0 Å². The SMILES string of the molecule is O=C(O)CC1(c2csc(Br)n2)CCC1. The summed E-state index contributed by atoms with van der Waals surface area (Å²) in [5, 5.41) is 10.8. The van der Waals surface area contributed by atoms with Crippen LogP contribution in [0.2, 0.25) is 0 Å². The second-order valence-electron chi connectivity index (χ2n) is 3.69. The largest absolute Gasteiger partial charge is 0.481 e. The molecular weight excluding hydrogens is 266 g/mol. The molecule has 1 fully saturated rings. The van der Waals surface area contributed by atoms with Crippen molar-refractivity contribution in [1.82, 2.24) is 4.98 Å². The summed E-state index contributed by atoms with van der Waals surface area (Å²) in [6, 6.07) is 0. The first-order valence-corrected chi connectivity index (χ1v) is 6.13. The molecule has 0 spiro atoms. The summed E-state index contributed by atoms with van der Waals surface area (Å²) in [5.74, 6) is -0.728. The van der Waals surface area contributed by atoms with Crippen molar-refractivity contribution in [3.8, 4) is 0 Å². The third-order valence-corrected chi connectivity index (χ3v) is 4.18. The lowest BCUT2D eigenvalue weighted by Crippen LogP contribution is -2.36. The Morgan fingerprint density at radius 1 is 1.71 bits per heavy atom. The number of carboxylic acid groups (broad SMARTS) is 1. The van der Waals surface area contributed by atoms with Crippen molar-refractivity contribution >= 4 is 33.2 Å². The molecule has 1 saturated carbocycles. The van der Waals surface area contributed by atoms with Crippen LogP contribution in [0.25, 0.3) is 0 Å². The third kappa shape index (κ3) is 1.70. The van der Waals surface area contributed by atoms with Crippen molar-refractivity contribution in [2.24, 2.45) is 0 Å². The number of aliphatic carboxylic acids is 1. The smallest absolute Gasteiger partial charge is 0.304 e. The van der Waals surface area contributed by atoms with Crippen LogP contribution < -0.4 is 0 Å². The number of hydrogen-bond donors (Lipinski definition) is 1. The zero-order chi connectivity index (χ0) is 10.2. The number of carboxylic acids is 1. The van der Waals surface area contributed by atoms with Gasteiger partial charge < -0.3 is 5.11 Å². The Morgan fingerprint density at radius 2 is 2.43 bits per heavy atom. The van der Waals surface area contributed by atoms with Crippen LogP contribution in [0.3, 0.4) is 0 Å². The van der Waals surface area contributed by atoms with Gasteiger partial charge in [0.1, 0.15) is 0 Å². The summed E-state index contributed by atoms with van der Waals surface area (Å²) < 4.78 is 0.837. The summed E-state index contributed by atoms with van der Waals surface area (Å²) in [4.78, 5) is 15.1. The fourth-order valence-corrected chi connectivity index (χ4v) is 3.05. The molecule has 0 bridgehead atoms. The van der Waals surface area contributed by atoms with Gasteiger partial charge in [-0.15, -0.1) is 11.3 Å². The summed E-state index contributed by atoms with van der Waals surface area (Å²) in [7, 11) is 0. The molecule has 1 N–H and O–H groups in total. The van der Waals surface area contributed by atoms with Crippen LogP contribution in [-0.4, -0.2) is 16.1 Å². The molecule has 1 aromatic rings. The van der Waals surface area contributed by atoms with E-state index in [-0.39, 0.29) is 11.8 Å². The third-order valence-electron chi connectivity index (χ3n) is 2.82. The quantitative estimate of drug-likeness (QED) is 0.923. The van der Waals surface area contributed by atoms with Gasteiger partial charge in [-0.05, 0) is 28.8 Å². The maximum Gasteiger partial charge on any atom is 0.304 e. The van der Waals surface area contributed by atoms with Crippen LogP contribution in [0.5, 0.6) is 0 Å². The van der Waals surface area contributed by atoms with Gasteiger partial charge in [-0.1, -0.05) is 6.42 Å². The number of nitrogens with zero attached hydrogens (tertiary/aromatic N) is 1. The van der Waals surface area contributed by atoms with Gasteiger partial charge in [0.15, 0.2) is 3.92 Å². The topological polar surface area (TPSA) is 50.2 Å². The zero-order valence-electron chi connectivity index (χ0n) is 7.49. The summed E-state index contributed by atoms with van der Waals surface area (Å²) >= 11 is 4.82. The molecule has 0 amide bonds. The molecule has 1 aliphatic rings. The van der Waals surface area contributed by atoms with E-state index in [1.54, 1.807) is 0 Å². The molecular formula is C9H10BrNO2S. The molecule has 3 nitrogen and oxygen atoms in total. The number of carbonyl (C=O) groups is 1. The van der Waals surface area contributed by atoms with Crippen molar-refractivity contribution in [1.29, 1.82) is 0 Å². The summed E-state index contributed by atoms with van der Waals surface area (Å²) in [6.45, 7) is 0. The molecule has 0 aromatic carbocycles. The van der Waals surface area contributed by atoms with Gasteiger partial charge >= 0.3 is 5.97 Å². The monoisotopic (exact) mass is 275 g/mol. The van der Waals surface area contributed by atoms with Gasteiger partial charge in [0, 0.05) is 10.8 Å². The molecule has 0 aliphatic heterocycles. The minimum atomic E-state index is -0.728. The Morgan fingerprint density at radius 3 is 2.79 bits per heavy atom. The van der Waals surface area contributed by atoms with Gasteiger partial charge in [0.2, 0.25) is 0 Å². The molecule has 14 heavy (non-hydrogen) atoms. The Labute approximate surface area is 94.3 Å². The van der Waals surface area contributed by atoms with Crippen LogP contribution in [0, 0.1) is 0 Å². The lowest BCUT2D eigenvalue weighted by atomic mass is 9.65. The van der Waals surface area contributed by atoms with Gasteiger partial charge in [0.05, 0.1) is 12.1 Å². The molecule has 0 atom stereocenters. The van der Waals surface area contributed by atoms with Crippen LogP contribution in [0.15, 0.2) is 9.30 Å². The van der Waals surface area contributed by atoms with Crippen LogP contribution in [-0.2, 0) is 10.2 Å². The predicted molar refractivity (Wildman–Crippen MR) is 57.6 cm³/mol. The van der Waals surface area contributed by atoms with Crippen molar-refractivity contribution in [2.75, 3.05) is 0 Å². The molecule has 2 rings (SSSR count). The number of thiazole rings is 1. The van der Waals surface area contributed by atoms with Crippen molar-refractivity contribution < 1.29 is 9.90 Å². The van der Waals surface area contributed by atoms with E-state index in [2.05, 4.69) is 20.9 Å². The second-order valence-corrected chi connectivity index (χ2v) is 5.82. The average molecular weight is 276 g/mol. The standard InChI is InChI=1S/C9H10BrNO2S/c10-8-11-6(5-14-8)9(2-1-3-9)4-7(12)13/h5H,1-4H2,(H,12,13). The summed E-state index contributed by atoms with van der Waals surface area (Å²) in [6.07, 6.45) is 3.23. The van der Waals surface area contributed by atoms with E-state index in [0.717, 1.165) is 28.9 Å². The van der Waals surface area contributed by atoms with E-state index >= 15 is 0 Å². The Kier molecular flexibility index (Phi) is 2.62. The highest BCUT2D eigenvalue weighted by Crippen LogP contribution is 2.46. The average Bonchev–Trinajstić information content (AvgIpc) is 2.44. The van der Waals surface area contributed by atoms with Crippen LogP contribution in [0.1, 0.15) is 31.4 Å². The molecule has 0 unspecified atom stereocenters. The second kappa shape index (κ2) is 3.62.